The molecule has 0 aromatic heterocycles. The fourth-order valence-corrected chi connectivity index (χ4v) is 2.87. The summed E-state index contributed by atoms with van der Waals surface area (Å²) in [7, 11) is 0. The molecule has 2 heteroatoms. The first-order valence-electron chi connectivity index (χ1n) is 7.20. The summed E-state index contributed by atoms with van der Waals surface area (Å²) in [6, 6.07) is 0.711. The van der Waals surface area contributed by atoms with Crippen LogP contribution in [0.5, 0.6) is 0 Å². The largest absolute Gasteiger partial charge is 0.311 e. The molecule has 0 saturated carbocycles. The van der Waals surface area contributed by atoms with Crippen molar-refractivity contribution >= 4 is 0 Å². The summed E-state index contributed by atoms with van der Waals surface area (Å²) < 4.78 is 0. The number of hydrogen-bond acceptors (Lipinski definition) is 2. The van der Waals surface area contributed by atoms with Crippen molar-refractivity contribution in [3.05, 3.63) is 0 Å². The van der Waals surface area contributed by atoms with Crippen molar-refractivity contribution in [3.8, 4) is 0 Å². The molecule has 1 aliphatic rings. The summed E-state index contributed by atoms with van der Waals surface area (Å²) in [6.45, 7) is 13.0. The minimum absolute atomic E-state index is 0.431. The molecule has 1 heterocycles. The number of piperazine rings is 1. The maximum Gasteiger partial charge on any atom is 0.0329 e. The number of unbranched alkanes of at least 4 members (excludes halogenated alkanes) is 1. The lowest BCUT2D eigenvalue weighted by Gasteiger charge is -2.49. The maximum atomic E-state index is 3.73. The van der Waals surface area contributed by atoms with Crippen molar-refractivity contribution in [2.45, 2.75) is 71.4 Å². The summed E-state index contributed by atoms with van der Waals surface area (Å²) in [5.74, 6) is 0. The Hall–Kier alpha value is -0.0800. The van der Waals surface area contributed by atoms with Gasteiger partial charge in [-0.05, 0) is 32.2 Å². The van der Waals surface area contributed by atoms with Crippen LogP contribution in [0.15, 0.2) is 0 Å². The zero-order valence-corrected chi connectivity index (χ0v) is 11.7. The highest BCUT2D eigenvalue weighted by molar-refractivity contribution is 4.97. The van der Waals surface area contributed by atoms with E-state index in [4.69, 9.17) is 0 Å². The Bertz CT molecular complexity index is 187. The van der Waals surface area contributed by atoms with Crippen LogP contribution in [0.2, 0.25) is 0 Å². The van der Waals surface area contributed by atoms with E-state index in [1.165, 1.54) is 51.7 Å². The Morgan fingerprint density at radius 2 is 1.88 bits per heavy atom. The highest BCUT2D eigenvalue weighted by Gasteiger charge is 2.37. The molecule has 1 unspecified atom stereocenters. The fourth-order valence-electron chi connectivity index (χ4n) is 2.87. The quantitative estimate of drug-likeness (QED) is 0.749. The lowest BCUT2D eigenvalue weighted by atomic mass is 9.86. The van der Waals surface area contributed by atoms with E-state index in [0.717, 1.165) is 0 Å². The Labute approximate surface area is 102 Å². The maximum absolute atomic E-state index is 3.73. The molecule has 0 bridgehead atoms. The Morgan fingerprint density at radius 1 is 1.19 bits per heavy atom. The topological polar surface area (TPSA) is 15.3 Å². The predicted molar refractivity (Wildman–Crippen MR) is 71.9 cm³/mol. The van der Waals surface area contributed by atoms with E-state index >= 15 is 0 Å². The van der Waals surface area contributed by atoms with Gasteiger partial charge in [-0.3, -0.25) is 4.90 Å². The molecule has 1 atom stereocenters. The number of rotatable bonds is 6. The van der Waals surface area contributed by atoms with Crippen LogP contribution in [0.25, 0.3) is 0 Å². The molecule has 0 radical (unpaired) electrons. The van der Waals surface area contributed by atoms with Gasteiger partial charge in [-0.2, -0.15) is 0 Å². The Kier molecular flexibility index (Phi) is 5.77. The molecule has 96 valence electrons. The van der Waals surface area contributed by atoms with Crippen LogP contribution in [0.1, 0.15) is 59.8 Å². The van der Waals surface area contributed by atoms with Crippen LogP contribution in [0.3, 0.4) is 0 Å². The van der Waals surface area contributed by atoms with Crippen molar-refractivity contribution in [1.82, 2.24) is 10.2 Å². The summed E-state index contributed by atoms with van der Waals surface area (Å²) in [5.41, 5.74) is 0.431. The first-order valence-corrected chi connectivity index (χ1v) is 7.20. The molecule has 16 heavy (non-hydrogen) atoms. The highest BCUT2D eigenvalue weighted by atomic mass is 15.3. The highest BCUT2D eigenvalue weighted by Crippen LogP contribution is 2.27. The van der Waals surface area contributed by atoms with Crippen LogP contribution >= 0.6 is 0 Å². The summed E-state index contributed by atoms with van der Waals surface area (Å²) in [4.78, 5) is 2.77. The number of nitrogens with one attached hydrogen (secondary N) is 1. The van der Waals surface area contributed by atoms with Crippen LogP contribution in [0.4, 0.5) is 0 Å². The molecule has 1 fully saturated rings. The van der Waals surface area contributed by atoms with Gasteiger partial charge in [-0.1, -0.05) is 34.1 Å². The van der Waals surface area contributed by atoms with Crippen LogP contribution < -0.4 is 5.32 Å². The SMILES string of the molecule is CCCCN1CC(CC)NCC1(CC)CC. The minimum atomic E-state index is 0.431. The van der Waals surface area contributed by atoms with Gasteiger partial charge < -0.3 is 5.32 Å². The van der Waals surface area contributed by atoms with Gasteiger partial charge in [0.25, 0.3) is 0 Å². The van der Waals surface area contributed by atoms with Crippen molar-refractivity contribution in [2.75, 3.05) is 19.6 Å². The number of nitrogens with zero attached hydrogens (tertiary/aromatic N) is 1. The molecule has 0 amide bonds. The third-order valence-corrected chi connectivity index (χ3v) is 4.42. The normalized spacial score (nSPS) is 25.9. The first kappa shape index (κ1) is 14.0. The monoisotopic (exact) mass is 226 g/mol. The molecule has 0 aromatic rings. The van der Waals surface area contributed by atoms with Crippen molar-refractivity contribution in [1.29, 1.82) is 0 Å². The third-order valence-electron chi connectivity index (χ3n) is 4.42. The second kappa shape index (κ2) is 6.61. The van der Waals surface area contributed by atoms with Gasteiger partial charge in [0.2, 0.25) is 0 Å². The molecule has 1 aliphatic heterocycles. The second-order valence-corrected chi connectivity index (χ2v) is 5.22. The van der Waals surface area contributed by atoms with Crippen LogP contribution in [0, 0.1) is 0 Å². The zero-order chi connectivity index (χ0) is 12.0. The Morgan fingerprint density at radius 3 is 2.38 bits per heavy atom. The lowest BCUT2D eigenvalue weighted by molar-refractivity contribution is 0.0298. The van der Waals surface area contributed by atoms with Gasteiger partial charge >= 0.3 is 0 Å². The van der Waals surface area contributed by atoms with E-state index < -0.39 is 0 Å². The smallest absolute Gasteiger partial charge is 0.0329 e. The molecule has 1 rings (SSSR count). The molecule has 2 nitrogen and oxygen atoms in total. The van der Waals surface area contributed by atoms with Crippen LogP contribution in [-0.4, -0.2) is 36.1 Å². The van der Waals surface area contributed by atoms with E-state index in [1.807, 2.05) is 0 Å². The van der Waals surface area contributed by atoms with Gasteiger partial charge in [0.1, 0.15) is 0 Å². The summed E-state index contributed by atoms with van der Waals surface area (Å²) in [5, 5.41) is 3.73. The number of hydrogen-bond donors (Lipinski definition) is 1. The first-order chi connectivity index (χ1) is 7.72. The van der Waals surface area contributed by atoms with E-state index in [-0.39, 0.29) is 0 Å². The summed E-state index contributed by atoms with van der Waals surface area (Å²) in [6.07, 6.45) is 6.46. The van der Waals surface area contributed by atoms with Crippen molar-refractivity contribution < 1.29 is 0 Å². The van der Waals surface area contributed by atoms with Gasteiger partial charge in [0.05, 0.1) is 0 Å². The van der Waals surface area contributed by atoms with Crippen molar-refractivity contribution in [2.24, 2.45) is 0 Å². The summed E-state index contributed by atoms with van der Waals surface area (Å²) >= 11 is 0. The zero-order valence-electron chi connectivity index (χ0n) is 11.7. The molecule has 1 N–H and O–H groups in total. The second-order valence-electron chi connectivity index (χ2n) is 5.22. The molecular formula is C14H30N2. The predicted octanol–water partition coefficient (Wildman–Crippen LogP) is 3.03. The molecule has 0 aliphatic carbocycles. The van der Waals surface area contributed by atoms with Gasteiger partial charge in [-0.25, -0.2) is 0 Å². The standard InChI is InChI=1S/C14H30N2/c1-5-9-10-16-11-13(6-2)15-12-14(16,7-3)8-4/h13,15H,5-12H2,1-4H3. The molecule has 0 aromatic carbocycles. The lowest BCUT2D eigenvalue weighted by Crippen LogP contribution is -2.64. The van der Waals surface area contributed by atoms with Crippen LogP contribution in [-0.2, 0) is 0 Å². The van der Waals surface area contributed by atoms with E-state index in [1.54, 1.807) is 0 Å². The van der Waals surface area contributed by atoms with Gasteiger partial charge in [-0.15, -0.1) is 0 Å². The van der Waals surface area contributed by atoms with E-state index in [2.05, 4.69) is 37.9 Å². The minimum Gasteiger partial charge on any atom is -0.311 e. The average molecular weight is 226 g/mol. The van der Waals surface area contributed by atoms with Gasteiger partial charge in [0, 0.05) is 24.7 Å². The van der Waals surface area contributed by atoms with E-state index in [9.17, 15) is 0 Å². The molecule has 1 saturated heterocycles. The average Bonchev–Trinajstić information content (AvgIpc) is 2.36. The molecular weight excluding hydrogens is 196 g/mol. The van der Waals surface area contributed by atoms with E-state index in [0.29, 0.717) is 11.6 Å². The van der Waals surface area contributed by atoms with Crippen molar-refractivity contribution in [3.63, 3.8) is 0 Å². The van der Waals surface area contributed by atoms with Gasteiger partial charge in [0.15, 0.2) is 0 Å². The molecule has 0 spiro atoms. The fraction of sp³-hybridized carbons (Fsp3) is 1.00. The third kappa shape index (κ3) is 2.98. The Balaban J connectivity index is 2.66.